The standard InChI is InChI=1S/C14H12O6/c1-9-7-11(19-12(9)15)20-14(17)13(16)18-8-10-5-3-2-4-6-10/h2-7,11H,8H2,1H3. The van der Waals surface area contributed by atoms with Gasteiger partial charge in [-0.05, 0) is 12.5 Å². The average Bonchev–Trinajstić information content (AvgIpc) is 2.75. The Morgan fingerprint density at radius 3 is 2.50 bits per heavy atom. The molecule has 1 atom stereocenters. The number of benzene rings is 1. The number of cyclic esters (lactones) is 1. The van der Waals surface area contributed by atoms with Crippen LogP contribution in [0.3, 0.4) is 0 Å². The second-order valence-corrected chi connectivity index (χ2v) is 4.09. The highest BCUT2D eigenvalue weighted by Gasteiger charge is 2.28. The number of hydrogen-bond acceptors (Lipinski definition) is 6. The third kappa shape index (κ3) is 3.44. The van der Waals surface area contributed by atoms with E-state index in [1.807, 2.05) is 6.07 Å². The molecule has 104 valence electrons. The SMILES string of the molecule is CC1=CC(OC(=O)C(=O)OCc2ccccc2)OC1=O. The van der Waals surface area contributed by atoms with Gasteiger partial charge in [0.1, 0.15) is 6.61 Å². The first kappa shape index (κ1) is 13.8. The lowest BCUT2D eigenvalue weighted by Gasteiger charge is -2.09. The first-order chi connectivity index (χ1) is 9.56. The molecule has 6 nitrogen and oxygen atoms in total. The van der Waals surface area contributed by atoms with Gasteiger partial charge < -0.3 is 14.2 Å². The maximum atomic E-state index is 11.4. The molecular formula is C14H12O6. The number of hydrogen-bond donors (Lipinski definition) is 0. The first-order valence-corrected chi connectivity index (χ1v) is 5.87. The van der Waals surface area contributed by atoms with E-state index < -0.39 is 24.2 Å². The summed E-state index contributed by atoms with van der Waals surface area (Å²) >= 11 is 0. The lowest BCUT2D eigenvalue weighted by molar-refractivity contribution is -0.184. The molecule has 0 N–H and O–H groups in total. The van der Waals surface area contributed by atoms with Crippen molar-refractivity contribution >= 4 is 17.9 Å². The van der Waals surface area contributed by atoms with Crippen molar-refractivity contribution < 1.29 is 28.6 Å². The van der Waals surface area contributed by atoms with E-state index in [1.54, 1.807) is 24.3 Å². The molecule has 6 heteroatoms. The molecule has 20 heavy (non-hydrogen) atoms. The maximum Gasteiger partial charge on any atom is 0.420 e. The summed E-state index contributed by atoms with van der Waals surface area (Å²) in [6.07, 6.45) is 0.143. The Balaban J connectivity index is 1.81. The van der Waals surface area contributed by atoms with Crippen molar-refractivity contribution in [3.8, 4) is 0 Å². The van der Waals surface area contributed by atoms with Crippen LogP contribution < -0.4 is 0 Å². The molecule has 1 aromatic carbocycles. The zero-order chi connectivity index (χ0) is 14.5. The fourth-order valence-electron chi connectivity index (χ4n) is 1.50. The van der Waals surface area contributed by atoms with E-state index in [9.17, 15) is 14.4 Å². The molecule has 1 unspecified atom stereocenters. The van der Waals surface area contributed by atoms with Crippen molar-refractivity contribution in [1.82, 2.24) is 0 Å². The molecule has 0 fully saturated rings. The van der Waals surface area contributed by atoms with Crippen LogP contribution in [0.25, 0.3) is 0 Å². The molecular weight excluding hydrogens is 264 g/mol. The largest absolute Gasteiger partial charge is 0.452 e. The predicted octanol–water partition coefficient (Wildman–Crippen LogP) is 1.10. The molecule has 0 bridgehead atoms. The minimum Gasteiger partial charge on any atom is -0.452 e. The Labute approximate surface area is 114 Å². The van der Waals surface area contributed by atoms with E-state index in [0.717, 1.165) is 5.56 Å². The minimum absolute atomic E-state index is 0.0336. The van der Waals surface area contributed by atoms with Crippen LogP contribution in [0.5, 0.6) is 0 Å². The fraction of sp³-hybridized carbons (Fsp3) is 0.214. The maximum absolute atomic E-state index is 11.4. The quantitative estimate of drug-likeness (QED) is 0.607. The second kappa shape index (κ2) is 6.01. The monoisotopic (exact) mass is 276 g/mol. The summed E-state index contributed by atoms with van der Waals surface area (Å²) in [5, 5.41) is 0. The van der Waals surface area contributed by atoms with Crippen molar-refractivity contribution in [2.75, 3.05) is 0 Å². The molecule has 0 saturated carbocycles. The van der Waals surface area contributed by atoms with Crippen LogP contribution in [0.15, 0.2) is 42.0 Å². The van der Waals surface area contributed by atoms with Crippen LogP contribution in [0.2, 0.25) is 0 Å². The summed E-state index contributed by atoms with van der Waals surface area (Å²) in [6, 6.07) is 8.90. The van der Waals surface area contributed by atoms with Crippen LogP contribution in [0, 0.1) is 0 Å². The van der Waals surface area contributed by atoms with Crippen molar-refractivity contribution in [2.45, 2.75) is 19.8 Å². The normalized spacial score (nSPS) is 17.1. The summed E-state index contributed by atoms with van der Waals surface area (Å²) in [4.78, 5) is 33.9. The zero-order valence-electron chi connectivity index (χ0n) is 10.7. The van der Waals surface area contributed by atoms with Crippen LogP contribution in [0.4, 0.5) is 0 Å². The van der Waals surface area contributed by atoms with Gasteiger partial charge in [-0.15, -0.1) is 0 Å². The van der Waals surface area contributed by atoms with Crippen LogP contribution in [-0.4, -0.2) is 24.2 Å². The van der Waals surface area contributed by atoms with Gasteiger partial charge in [-0.25, -0.2) is 14.4 Å². The highest BCUT2D eigenvalue weighted by molar-refractivity contribution is 6.29. The van der Waals surface area contributed by atoms with Gasteiger partial charge in [0.15, 0.2) is 0 Å². The third-order valence-electron chi connectivity index (χ3n) is 2.53. The Hall–Kier alpha value is -2.63. The molecule has 2 rings (SSSR count). The Kier molecular flexibility index (Phi) is 4.14. The van der Waals surface area contributed by atoms with Gasteiger partial charge in [0.25, 0.3) is 6.29 Å². The van der Waals surface area contributed by atoms with Gasteiger partial charge in [0.2, 0.25) is 0 Å². The highest BCUT2D eigenvalue weighted by atomic mass is 16.7. The first-order valence-electron chi connectivity index (χ1n) is 5.87. The number of carbonyl (C=O) groups excluding carboxylic acids is 3. The average molecular weight is 276 g/mol. The molecule has 0 radical (unpaired) electrons. The zero-order valence-corrected chi connectivity index (χ0v) is 10.7. The van der Waals surface area contributed by atoms with Crippen molar-refractivity contribution in [1.29, 1.82) is 0 Å². The molecule has 1 aliphatic rings. The van der Waals surface area contributed by atoms with E-state index >= 15 is 0 Å². The number of ether oxygens (including phenoxy) is 3. The van der Waals surface area contributed by atoms with Crippen LogP contribution in [-0.2, 0) is 35.2 Å². The summed E-state index contributed by atoms with van der Waals surface area (Å²) in [5.41, 5.74) is 1.07. The van der Waals surface area contributed by atoms with Gasteiger partial charge in [-0.1, -0.05) is 30.3 Å². The Morgan fingerprint density at radius 2 is 1.90 bits per heavy atom. The molecule has 0 saturated heterocycles. The van der Waals surface area contributed by atoms with Crippen LogP contribution >= 0.6 is 0 Å². The third-order valence-corrected chi connectivity index (χ3v) is 2.53. The summed E-state index contributed by atoms with van der Waals surface area (Å²) in [5.74, 6) is -2.92. The van der Waals surface area contributed by atoms with E-state index in [-0.39, 0.29) is 6.61 Å². The topological polar surface area (TPSA) is 78.9 Å². The summed E-state index contributed by atoms with van der Waals surface area (Å²) in [6.45, 7) is 1.48. The second-order valence-electron chi connectivity index (χ2n) is 4.09. The molecule has 0 aromatic heterocycles. The summed E-state index contributed by atoms with van der Waals surface area (Å²) in [7, 11) is 0. The number of esters is 3. The number of carbonyl (C=O) groups is 3. The molecule has 1 aromatic rings. The number of rotatable bonds is 3. The van der Waals surface area contributed by atoms with Gasteiger partial charge >= 0.3 is 17.9 Å². The van der Waals surface area contributed by atoms with E-state index in [4.69, 9.17) is 4.74 Å². The van der Waals surface area contributed by atoms with Gasteiger partial charge in [-0.3, -0.25) is 0 Å². The van der Waals surface area contributed by atoms with E-state index in [0.29, 0.717) is 5.57 Å². The van der Waals surface area contributed by atoms with Crippen molar-refractivity contribution in [3.05, 3.63) is 47.5 Å². The fourth-order valence-corrected chi connectivity index (χ4v) is 1.50. The lowest BCUT2D eigenvalue weighted by Crippen LogP contribution is -2.25. The van der Waals surface area contributed by atoms with Crippen LogP contribution in [0.1, 0.15) is 12.5 Å². The Bertz CT molecular complexity index is 560. The molecule has 0 amide bonds. The van der Waals surface area contributed by atoms with Crippen molar-refractivity contribution in [3.63, 3.8) is 0 Å². The van der Waals surface area contributed by atoms with Gasteiger partial charge in [-0.2, -0.15) is 0 Å². The van der Waals surface area contributed by atoms with E-state index in [2.05, 4.69) is 9.47 Å². The van der Waals surface area contributed by atoms with Gasteiger partial charge in [0.05, 0.1) is 0 Å². The smallest absolute Gasteiger partial charge is 0.420 e. The van der Waals surface area contributed by atoms with E-state index in [1.165, 1.54) is 13.0 Å². The van der Waals surface area contributed by atoms with Crippen molar-refractivity contribution in [2.24, 2.45) is 0 Å². The lowest BCUT2D eigenvalue weighted by atomic mass is 10.2. The summed E-state index contributed by atoms with van der Waals surface area (Å²) < 4.78 is 14.1. The molecule has 1 heterocycles. The molecule has 0 aliphatic carbocycles. The predicted molar refractivity (Wildman–Crippen MR) is 66.0 cm³/mol. The molecule has 1 aliphatic heterocycles. The Morgan fingerprint density at radius 1 is 1.20 bits per heavy atom. The van der Waals surface area contributed by atoms with Gasteiger partial charge in [0, 0.05) is 11.6 Å². The minimum atomic E-state index is -1.20. The highest BCUT2D eigenvalue weighted by Crippen LogP contribution is 2.14. The molecule has 0 spiro atoms.